The lowest BCUT2D eigenvalue weighted by Gasteiger charge is -2.04. The number of aromatic nitrogens is 6. The average molecular weight is 340 g/mol. The van der Waals surface area contributed by atoms with Crippen molar-refractivity contribution in [2.24, 2.45) is 7.05 Å². The molecule has 126 valence electrons. The smallest absolute Gasteiger partial charge is 0.342 e. The Labute approximate surface area is 139 Å². The molecule has 2 N–H and O–H groups in total. The number of furan rings is 1. The summed E-state index contributed by atoms with van der Waals surface area (Å²) in [5.41, 5.74) is 1.49. The summed E-state index contributed by atoms with van der Waals surface area (Å²) in [6.45, 7) is -0.189. The molecule has 0 bridgehead atoms. The van der Waals surface area contributed by atoms with Crippen LogP contribution in [-0.4, -0.2) is 35.9 Å². The molecule has 0 saturated carbocycles. The average Bonchev–Trinajstić information content (AvgIpc) is 3.33. The number of aromatic amines is 2. The van der Waals surface area contributed by atoms with Gasteiger partial charge in [-0.05, 0) is 6.07 Å². The quantitative estimate of drug-likeness (QED) is 0.530. The topological polar surface area (TPSA) is 132 Å². The Hall–Kier alpha value is -3.69. The summed E-state index contributed by atoms with van der Waals surface area (Å²) in [6.07, 6.45) is 5.77. The summed E-state index contributed by atoms with van der Waals surface area (Å²) >= 11 is 0. The van der Waals surface area contributed by atoms with Crippen LogP contribution in [0.5, 0.6) is 0 Å². The minimum Gasteiger partial charge on any atom is -0.472 e. The van der Waals surface area contributed by atoms with Gasteiger partial charge in [-0.15, -0.1) is 0 Å². The molecule has 0 spiro atoms. The minimum atomic E-state index is -0.599. The van der Waals surface area contributed by atoms with Crippen molar-refractivity contribution in [2.45, 2.75) is 6.61 Å². The molecule has 0 radical (unpaired) electrons. The maximum Gasteiger partial charge on any atom is 0.342 e. The van der Waals surface area contributed by atoms with Crippen LogP contribution in [0, 0.1) is 0 Å². The van der Waals surface area contributed by atoms with Crippen molar-refractivity contribution in [3.8, 4) is 11.3 Å². The van der Waals surface area contributed by atoms with Crippen molar-refractivity contribution >= 4 is 17.0 Å². The number of hydrogen-bond acceptors (Lipinski definition) is 7. The second kappa shape index (κ2) is 5.74. The Morgan fingerprint density at radius 2 is 2.28 bits per heavy atom. The Bertz CT molecular complexity index is 1100. The number of carbonyl (C=O) groups is 1. The molecule has 0 unspecified atom stereocenters. The van der Waals surface area contributed by atoms with E-state index in [0.717, 1.165) is 0 Å². The number of fused-ring (bicyclic) bond motifs is 1. The number of aryl methyl sites for hydroxylation is 1. The first-order valence-electron chi connectivity index (χ1n) is 7.27. The Morgan fingerprint density at radius 1 is 1.40 bits per heavy atom. The van der Waals surface area contributed by atoms with Gasteiger partial charge in [0.1, 0.15) is 23.4 Å². The molecular weight excluding hydrogens is 328 g/mol. The largest absolute Gasteiger partial charge is 0.472 e. The van der Waals surface area contributed by atoms with Gasteiger partial charge in [0.25, 0.3) is 5.56 Å². The highest BCUT2D eigenvalue weighted by molar-refractivity contribution is 5.95. The van der Waals surface area contributed by atoms with Gasteiger partial charge in [0.05, 0.1) is 30.6 Å². The highest BCUT2D eigenvalue weighted by Gasteiger charge is 2.18. The standard InChI is InChI=1S/C15H12N6O4/c1-21-13-10(5-17-21)14(22)19-11(18-13)7-25-15(23)9-4-16-20-12(9)8-2-3-24-6-8/h2-6H,7H2,1H3,(H,16,20)(H,18,19,22). The first-order valence-corrected chi connectivity index (χ1v) is 7.27. The van der Waals surface area contributed by atoms with Crippen LogP contribution < -0.4 is 5.56 Å². The van der Waals surface area contributed by atoms with Crippen molar-refractivity contribution < 1.29 is 13.9 Å². The summed E-state index contributed by atoms with van der Waals surface area (Å²) < 4.78 is 11.7. The molecule has 0 aromatic carbocycles. The van der Waals surface area contributed by atoms with Gasteiger partial charge < -0.3 is 14.1 Å². The Balaban J connectivity index is 1.56. The van der Waals surface area contributed by atoms with Gasteiger partial charge >= 0.3 is 5.97 Å². The van der Waals surface area contributed by atoms with Crippen LogP contribution in [0.3, 0.4) is 0 Å². The first kappa shape index (κ1) is 14.9. The van der Waals surface area contributed by atoms with E-state index in [9.17, 15) is 9.59 Å². The summed E-state index contributed by atoms with van der Waals surface area (Å²) in [6, 6.07) is 1.69. The van der Waals surface area contributed by atoms with Gasteiger partial charge in [0, 0.05) is 12.6 Å². The van der Waals surface area contributed by atoms with Gasteiger partial charge in [-0.2, -0.15) is 10.2 Å². The van der Waals surface area contributed by atoms with Crippen LogP contribution in [0.15, 0.2) is 40.2 Å². The summed E-state index contributed by atoms with van der Waals surface area (Å²) in [7, 11) is 1.67. The molecule has 4 aromatic heterocycles. The lowest BCUT2D eigenvalue weighted by molar-refractivity contribution is 0.0463. The third-order valence-corrected chi connectivity index (χ3v) is 3.66. The monoisotopic (exact) mass is 340 g/mol. The van der Waals surface area contributed by atoms with Crippen molar-refractivity contribution in [2.75, 3.05) is 0 Å². The Morgan fingerprint density at radius 3 is 3.08 bits per heavy atom. The molecule has 0 aliphatic rings. The van der Waals surface area contributed by atoms with Gasteiger partial charge in [-0.3, -0.25) is 14.6 Å². The maximum absolute atomic E-state index is 12.3. The minimum absolute atomic E-state index is 0.189. The summed E-state index contributed by atoms with van der Waals surface area (Å²) in [5.74, 6) is -0.375. The zero-order chi connectivity index (χ0) is 17.4. The molecule has 0 aliphatic heterocycles. The number of nitrogens with one attached hydrogen (secondary N) is 2. The lowest BCUT2D eigenvalue weighted by Crippen LogP contribution is -2.15. The van der Waals surface area contributed by atoms with Gasteiger partial charge in [0.15, 0.2) is 5.65 Å². The van der Waals surface area contributed by atoms with Crippen LogP contribution in [0.2, 0.25) is 0 Å². The molecule has 0 atom stereocenters. The van der Waals surface area contributed by atoms with Crippen LogP contribution in [-0.2, 0) is 18.4 Å². The molecule has 10 nitrogen and oxygen atoms in total. The highest BCUT2D eigenvalue weighted by atomic mass is 16.5. The van der Waals surface area contributed by atoms with Crippen molar-refractivity contribution in [3.05, 3.63) is 52.7 Å². The van der Waals surface area contributed by atoms with E-state index in [1.807, 2.05) is 0 Å². The third kappa shape index (κ3) is 2.59. The fourth-order valence-electron chi connectivity index (χ4n) is 2.43. The molecule has 0 amide bonds. The summed E-state index contributed by atoms with van der Waals surface area (Å²) in [5, 5.41) is 10.9. The zero-order valence-electron chi connectivity index (χ0n) is 13.0. The number of nitrogens with zero attached hydrogens (tertiary/aromatic N) is 4. The molecule has 25 heavy (non-hydrogen) atoms. The molecule has 4 rings (SSSR count). The van der Waals surface area contributed by atoms with Crippen LogP contribution >= 0.6 is 0 Å². The van der Waals surface area contributed by atoms with E-state index in [0.29, 0.717) is 22.3 Å². The fourth-order valence-corrected chi connectivity index (χ4v) is 2.43. The van der Waals surface area contributed by atoms with E-state index < -0.39 is 5.97 Å². The predicted molar refractivity (Wildman–Crippen MR) is 84.5 cm³/mol. The number of hydrogen-bond donors (Lipinski definition) is 2. The predicted octanol–water partition coefficient (Wildman–Crippen LogP) is 0.997. The molecule has 0 aliphatic carbocycles. The zero-order valence-corrected chi connectivity index (χ0v) is 13.0. The second-order valence-corrected chi connectivity index (χ2v) is 5.26. The number of rotatable bonds is 4. The van der Waals surface area contributed by atoms with Crippen LogP contribution in [0.4, 0.5) is 0 Å². The number of esters is 1. The highest BCUT2D eigenvalue weighted by Crippen LogP contribution is 2.22. The van der Waals surface area contributed by atoms with Crippen molar-refractivity contribution in [3.63, 3.8) is 0 Å². The summed E-state index contributed by atoms with van der Waals surface area (Å²) in [4.78, 5) is 31.1. The van der Waals surface area contributed by atoms with E-state index in [2.05, 4.69) is 25.3 Å². The fraction of sp³-hybridized carbons (Fsp3) is 0.133. The van der Waals surface area contributed by atoms with Gasteiger partial charge in [-0.1, -0.05) is 0 Å². The van der Waals surface area contributed by atoms with Crippen LogP contribution in [0.25, 0.3) is 22.3 Å². The van der Waals surface area contributed by atoms with Crippen molar-refractivity contribution in [1.82, 2.24) is 29.9 Å². The second-order valence-electron chi connectivity index (χ2n) is 5.26. The molecular formula is C15H12N6O4. The van der Waals surface area contributed by atoms with Gasteiger partial charge in [-0.25, -0.2) is 9.78 Å². The SMILES string of the molecule is Cn1ncc2c(=O)[nH]c(COC(=O)c3cn[nH]c3-c3ccoc3)nc21. The van der Waals surface area contributed by atoms with E-state index in [1.54, 1.807) is 13.1 Å². The number of ether oxygens (including phenoxy) is 1. The molecule has 0 fully saturated rings. The van der Waals surface area contributed by atoms with E-state index in [1.165, 1.54) is 29.6 Å². The molecule has 4 aromatic rings. The first-order chi connectivity index (χ1) is 12.1. The molecule has 10 heteroatoms. The Kier molecular flexibility index (Phi) is 3.42. The molecule has 0 saturated heterocycles. The maximum atomic E-state index is 12.3. The number of carbonyl (C=O) groups excluding carboxylic acids is 1. The normalized spacial score (nSPS) is 11.1. The number of H-pyrrole nitrogens is 2. The van der Waals surface area contributed by atoms with E-state index in [4.69, 9.17) is 9.15 Å². The van der Waals surface area contributed by atoms with Crippen LogP contribution in [0.1, 0.15) is 16.2 Å². The van der Waals surface area contributed by atoms with E-state index in [-0.39, 0.29) is 23.6 Å². The van der Waals surface area contributed by atoms with Crippen molar-refractivity contribution in [1.29, 1.82) is 0 Å². The lowest BCUT2D eigenvalue weighted by atomic mass is 10.1. The third-order valence-electron chi connectivity index (χ3n) is 3.66. The van der Waals surface area contributed by atoms with Gasteiger partial charge in [0.2, 0.25) is 0 Å². The molecule has 4 heterocycles. The van der Waals surface area contributed by atoms with E-state index >= 15 is 0 Å².